The van der Waals surface area contributed by atoms with E-state index < -0.39 is 11.0 Å². The largest absolute Gasteiger partial charge is 0.508 e. The highest BCUT2D eigenvalue weighted by molar-refractivity contribution is 5.94. The Hall–Kier alpha value is -2.81. The molecule has 2 saturated carbocycles. The number of phenols is 1. The smallest absolute Gasteiger partial charge is 0.298 e. The molecule has 0 unspecified atom stereocenters. The Balaban J connectivity index is 1.30. The van der Waals surface area contributed by atoms with Gasteiger partial charge in [-0.1, -0.05) is 18.1 Å². The molecule has 5 heteroatoms. The summed E-state index contributed by atoms with van der Waals surface area (Å²) in [4.78, 5) is 17.5. The lowest BCUT2D eigenvalue weighted by Crippen LogP contribution is -2.74. The lowest BCUT2D eigenvalue weighted by molar-refractivity contribution is -0.177. The number of carbonyl (C=O) groups excluding carboxylic acids is 1. The Kier molecular flexibility index (Phi) is 5.89. The molecule has 3 fully saturated rings. The number of aromatic hydroxyl groups is 1. The molecule has 2 aromatic carbocycles. The van der Waals surface area contributed by atoms with Crippen LogP contribution in [0.4, 0.5) is 0 Å². The molecule has 4 aliphatic rings. The maximum absolute atomic E-state index is 13.2. The SMILES string of the molecule is Cc1ccc(C#CC(=O)N(C)[C@@H]2CC[C@@]3(O)[C@H]4Cc5ccc(O)cc5[C@@]3(CCN4CC3CC3)C2)cc1C. The van der Waals surface area contributed by atoms with Crippen LogP contribution in [0, 0.1) is 31.6 Å². The van der Waals surface area contributed by atoms with Crippen LogP contribution in [-0.4, -0.2) is 63.7 Å². The van der Waals surface area contributed by atoms with Crippen LogP contribution in [0.2, 0.25) is 0 Å². The number of aryl methyl sites for hydroxylation is 2. The van der Waals surface area contributed by atoms with Crippen molar-refractivity contribution < 1.29 is 15.0 Å². The van der Waals surface area contributed by atoms with E-state index in [0.29, 0.717) is 12.8 Å². The quantitative estimate of drug-likeness (QED) is 0.626. The number of carbonyl (C=O) groups is 1. The third-order valence-corrected chi connectivity index (χ3v) is 9.99. The maximum Gasteiger partial charge on any atom is 0.298 e. The number of hydrogen-bond acceptors (Lipinski definition) is 4. The van der Waals surface area contributed by atoms with E-state index in [1.807, 2.05) is 37.4 Å². The van der Waals surface area contributed by atoms with Gasteiger partial charge in [0.2, 0.25) is 0 Å². The summed E-state index contributed by atoms with van der Waals surface area (Å²) in [5.74, 6) is 6.77. The molecule has 2 N–H and O–H groups in total. The molecule has 0 aromatic heterocycles. The topological polar surface area (TPSA) is 64.0 Å². The van der Waals surface area contributed by atoms with Gasteiger partial charge in [0.15, 0.2) is 0 Å². The fourth-order valence-corrected chi connectivity index (χ4v) is 7.46. The second kappa shape index (κ2) is 8.89. The number of likely N-dealkylation sites (tertiary alicyclic amines) is 1. The average Bonchev–Trinajstić information content (AvgIpc) is 3.70. The number of fused-ring (bicyclic) bond motifs is 1. The third kappa shape index (κ3) is 4.06. The Bertz CT molecular complexity index is 1300. The second-order valence-electron chi connectivity index (χ2n) is 12.1. The van der Waals surface area contributed by atoms with Gasteiger partial charge >= 0.3 is 0 Å². The van der Waals surface area contributed by atoms with Crippen molar-refractivity contribution in [3.63, 3.8) is 0 Å². The zero-order valence-electron chi connectivity index (χ0n) is 22.3. The maximum atomic E-state index is 13.2. The van der Waals surface area contributed by atoms with Gasteiger partial charge in [-0.15, -0.1) is 0 Å². The van der Waals surface area contributed by atoms with Crippen molar-refractivity contribution in [1.82, 2.24) is 9.80 Å². The van der Waals surface area contributed by atoms with Gasteiger partial charge < -0.3 is 15.1 Å². The van der Waals surface area contributed by atoms with Crippen LogP contribution < -0.4 is 0 Å². The van der Waals surface area contributed by atoms with E-state index in [2.05, 4.69) is 30.6 Å². The van der Waals surface area contributed by atoms with Crippen molar-refractivity contribution in [2.75, 3.05) is 20.1 Å². The molecule has 5 nitrogen and oxygen atoms in total. The number of hydrogen-bond donors (Lipinski definition) is 2. The molecule has 2 bridgehead atoms. The first-order valence-electron chi connectivity index (χ1n) is 13.8. The van der Waals surface area contributed by atoms with E-state index in [1.165, 1.54) is 29.5 Å². The number of amides is 1. The standard InChI is InChI=1S/C32H38N2O3/c1-21-4-5-23(16-22(21)2)8-11-30(36)33(3)26-12-13-32(37)29-17-25-9-10-27(35)18-28(25)31(32,19-26)14-15-34(29)20-24-6-7-24/h4-5,9-10,16,18,24,26,29,35,37H,6-7,12-15,17,19-20H2,1-3H3/t26-,29-,31-,32-/m1/s1. The van der Waals surface area contributed by atoms with Crippen molar-refractivity contribution in [2.24, 2.45) is 5.92 Å². The van der Waals surface area contributed by atoms with Gasteiger partial charge in [-0.2, -0.15) is 0 Å². The lowest BCUT2D eigenvalue weighted by atomic mass is 9.48. The van der Waals surface area contributed by atoms with Gasteiger partial charge in [-0.05, 0) is 118 Å². The van der Waals surface area contributed by atoms with Crippen molar-refractivity contribution in [3.05, 3.63) is 64.2 Å². The van der Waals surface area contributed by atoms with Gasteiger partial charge in [-0.3, -0.25) is 9.69 Å². The molecule has 1 heterocycles. The minimum Gasteiger partial charge on any atom is -0.508 e. The molecule has 6 rings (SSSR count). The zero-order valence-corrected chi connectivity index (χ0v) is 22.3. The van der Waals surface area contributed by atoms with Crippen LogP contribution in [-0.2, 0) is 16.6 Å². The zero-order chi connectivity index (χ0) is 25.9. The molecular weight excluding hydrogens is 460 g/mol. The Labute approximate surface area is 220 Å². The Morgan fingerprint density at radius 1 is 1.11 bits per heavy atom. The highest BCUT2D eigenvalue weighted by atomic mass is 16.3. The van der Waals surface area contributed by atoms with Crippen molar-refractivity contribution in [1.29, 1.82) is 0 Å². The monoisotopic (exact) mass is 498 g/mol. The van der Waals surface area contributed by atoms with Crippen LogP contribution >= 0.6 is 0 Å². The highest BCUT2D eigenvalue weighted by Crippen LogP contribution is 2.59. The van der Waals surface area contributed by atoms with Gasteiger partial charge in [0.05, 0.1) is 5.60 Å². The summed E-state index contributed by atoms with van der Waals surface area (Å²) in [6.07, 6.45) is 6.37. The summed E-state index contributed by atoms with van der Waals surface area (Å²) >= 11 is 0. The fraction of sp³-hybridized carbons (Fsp3) is 0.531. The molecule has 0 radical (unpaired) electrons. The summed E-state index contributed by atoms with van der Waals surface area (Å²) in [5.41, 5.74) is 4.23. The van der Waals surface area contributed by atoms with Gasteiger partial charge in [0.25, 0.3) is 5.91 Å². The Morgan fingerprint density at radius 2 is 1.92 bits per heavy atom. The van der Waals surface area contributed by atoms with E-state index in [4.69, 9.17) is 0 Å². The number of benzene rings is 2. The fourth-order valence-electron chi connectivity index (χ4n) is 7.46. The molecule has 1 aliphatic heterocycles. The Morgan fingerprint density at radius 3 is 2.68 bits per heavy atom. The summed E-state index contributed by atoms with van der Waals surface area (Å²) in [6, 6.07) is 11.8. The number of nitrogens with zero attached hydrogens (tertiary/aromatic N) is 2. The van der Waals surface area contributed by atoms with Gasteiger partial charge in [0.1, 0.15) is 5.75 Å². The number of phenolic OH excluding ortho intramolecular Hbond substituents is 1. The van der Waals surface area contributed by atoms with Crippen molar-refractivity contribution >= 4 is 5.91 Å². The molecule has 1 amide bonds. The molecule has 0 spiro atoms. The second-order valence-corrected chi connectivity index (χ2v) is 12.1. The predicted molar refractivity (Wildman–Crippen MR) is 144 cm³/mol. The van der Waals surface area contributed by atoms with Gasteiger partial charge in [-0.25, -0.2) is 0 Å². The number of piperidine rings is 1. The predicted octanol–water partition coefficient (Wildman–Crippen LogP) is 4.08. The number of rotatable bonds is 3. The summed E-state index contributed by atoms with van der Waals surface area (Å²) in [5, 5.41) is 22.9. The van der Waals surface area contributed by atoms with Crippen LogP contribution in [0.25, 0.3) is 0 Å². The van der Waals surface area contributed by atoms with Gasteiger partial charge in [0, 0.05) is 42.6 Å². The summed E-state index contributed by atoms with van der Waals surface area (Å²) in [7, 11) is 1.86. The van der Waals surface area contributed by atoms with Crippen LogP contribution in [0.15, 0.2) is 36.4 Å². The minimum absolute atomic E-state index is 0.00856. The normalized spacial score (nSPS) is 30.5. The first kappa shape index (κ1) is 24.5. The minimum atomic E-state index is -0.855. The van der Waals surface area contributed by atoms with E-state index >= 15 is 0 Å². The molecule has 2 aromatic rings. The third-order valence-electron chi connectivity index (χ3n) is 9.99. The van der Waals surface area contributed by atoms with Crippen molar-refractivity contribution in [3.8, 4) is 17.6 Å². The number of aliphatic hydroxyl groups is 1. The molecule has 37 heavy (non-hydrogen) atoms. The highest BCUT2D eigenvalue weighted by Gasteiger charge is 2.65. The molecule has 1 saturated heterocycles. The summed E-state index contributed by atoms with van der Waals surface area (Å²) in [6.45, 7) is 6.15. The van der Waals surface area contributed by atoms with Crippen LogP contribution in [0.3, 0.4) is 0 Å². The van der Waals surface area contributed by atoms with E-state index in [9.17, 15) is 15.0 Å². The van der Waals surface area contributed by atoms with Crippen molar-refractivity contribution in [2.45, 2.75) is 81.9 Å². The van der Waals surface area contributed by atoms with E-state index in [1.54, 1.807) is 11.0 Å². The van der Waals surface area contributed by atoms with E-state index in [0.717, 1.165) is 49.4 Å². The first-order chi connectivity index (χ1) is 17.7. The molecule has 3 aliphatic carbocycles. The van der Waals surface area contributed by atoms with Crippen LogP contribution in [0.5, 0.6) is 5.75 Å². The molecule has 194 valence electrons. The average molecular weight is 499 g/mol. The van der Waals surface area contributed by atoms with E-state index in [-0.39, 0.29) is 23.7 Å². The summed E-state index contributed by atoms with van der Waals surface area (Å²) < 4.78 is 0. The molecule has 4 atom stereocenters. The molecular formula is C32H38N2O3. The first-order valence-corrected chi connectivity index (χ1v) is 13.8. The lowest BCUT2D eigenvalue weighted by Gasteiger charge is -2.65. The van der Waals surface area contributed by atoms with Crippen LogP contribution in [0.1, 0.15) is 66.3 Å².